The Morgan fingerprint density at radius 2 is 2.00 bits per heavy atom. The normalized spacial score (nSPS) is 10.5. The Morgan fingerprint density at radius 1 is 1.25 bits per heavy atom. The predicted molar refractivity (Wildman–Crippen MR) is 95.7 cm³/mol. The molecule has 7 nitrogen and oxygen atoms in total. The predicted octanol–water partition coefficient (Wildman–Crippen LogP) is 2.87. The molecule has 2 N–H and O–H groups in total. The topological polar surface area (TPSA) is 93.2 Å². The van der Waals surface area contributed by atoms with Gasteiger partial charge in [0.1, 0.15) is 5.75 Å². The lowest BCUT2D eigenvalue weighted by Gasteiger charge is -2.08. The quantitative estimate of drug-likeness (QED) is 0.578. The number of anilines is 2. The van der Waals surface area contributed by atoms with E-state index in [9.17, 15) is 9.59 Å². The van der Waals surface area contributed by atoms with Gasteiger partial charge in [0.2, 0.25) is 16.9 Å². The number of carbonyl (C=O) groups is 2. The van der Waals surface area contributed by atoms with Gasteiger partial charge in [0, 0.05) is 5.92 Å². The van der Waals surface area contributed by atoms with Crippen molar-refractivity contribution in [2.75, 3.05) is 23.5 Å². The van der Waals surface area contributed by atoms with Crippen LogP contribution in [0.4, 0.5) is 10.8 Å². The third-order valence-corrected chi connectivity index (χ3v) is 4.84. The number of carbonyl (C=O) groups excluding carboxylic acids is 2. The number of thioether (sulfide) groups is 1. The van der Waals surface area contributed by atoms with E-state index < -0.39 is 0 Å². The average Bonchev–Trinajstić information content (AvgIpc) is 3.01. The summed E-state index contributed by atoms with van der Waals surface area (Å²) in [5.41, 5.74) is 0.618. The molecular formula is C15H18N4O3S2. The highest BCUT2D eigenvalue weighted by Crippen LogP contribution is 2.27. The first kappa shape index (κ1) is 18.2. The maximum Gasteiger partial charge on any atom is 0.234 e. The summed E-state index contributed by atoms with van der Waals surface area (Å²) in [7, 11) is 1.55. The van der Waals surface area contributed by atoms with Crippen molar-refractivity contribution in [3.05, 3.63) is 24.3 Å². The highest BCUT2D eigenvalue weighted by atomic mass is 32.2. The zero-order chi connectivity index (χ0) is 17.5. The molecule has 1 aromatic carbocycles. The summed E-state index contributed by atoms with van der Waals surface area (Å²) in [6, 6.07) is 7.19. The summed E-state index contributed by atoms with van der Waals surface area (Å²) in [6.07, 6.45) is 0. The smallest absolute Gasteiger partial charge is 0.234 e. The van der Waals surface area contributed by atoms with E-state index in [4.69, 9.17) is 4.74 Å². The van der Waals surface area contributed by atoms with Crippen LogP contribution in [0.3, 0.4) is 0 Å². The van der Waals surface area contributed by atoms with Gasteiger partial charge >= 0.3 is 0 Å². The zero-order valence-electron chi connectivity index (χ0n) is 13.5. The highest BCUT2D eigenvalue weighted by Gasteiger charge is 2.13. The minimum Gasteiger partial charge on any atom is -0.495 e. The van der Waals surface area contributed by atoms with E-state index in [1.54, 1.807) is 33.1 Å². The Balaban J connectivity index is 1.86. The van der Waals surface area contributed by atoms with Crippen molar-refractivity contribution in [1.29, 1.82) is 0 Å². The molecule has 0 aliphatic rings. The minimum absolute atomic E-state index is 0.114. The largest absolute Gasteiger partial charge is 0.495 e. The molecule has 0 aliphatic heterocycles. The standard InChI is InChI=1S/C15H18N4O3S2/c1-9(2)13(21)17-14-18-19-15(24-14)23-8-12(20)16-10-6-4-5-7-11(10)22-3/h4-7,9H,8H2,1-3H3,(H,16,20)(H,17,18,21). The van der Waals surface area contributed by atoms with Crippen LogP contribution in [-0.4, -0.2) is 34.9 Å². The van der Waals surface area contributed by atoms with Crippen molar-refractivity contribution in [3.8, 4) is 5.75 Å². The Hall–Kier alpha value is -2.13. The molecule has 1 aromatic heterocycles. The molecule has 0 radical (unpaired) electrons. The summed E-state index contributed by atoms with van der Waals surface area (Å²) >= 11 is 2.50. The Labute approximate surface area is 148 Å². The molecule has 0 aliphatic carbocycles. The van der Waals surface area contributed by atoms with Gasteiger partial charge < -0.3 is 15.4 Å². The molecule has 0 fully saturated rings. The van der Waals surface area contributed by atoms with Gasteiger partial charge in [-0.2, -0.15) is 0 Å². The number of aromatic nitrogens is 2. The van der Waals surface area contributed by atoms with Gasteiger partial charge in [-0.3, -0.25) is 9.59 Å². The van der Waals surface area contributed by atoms with Gasteiger partial charge in [0.15, 0.2) is 4.34 Å². The molecule has 0 atom stereocenters. The number of benzene rings is 1. The van der Waals surface area contributed by atoms with E-state index in [2.05, 4.69) is 20.8 Å². The first-order chi connectivity index (χ1) is 11.5. The summed E-state index contributed by atoms with van der Waals surface area (Å²) < 4.78 is 5.80. The van der Waals surface area contributed by atoms with Crippen molar-refractivity contribution in [1.82, 2.24) is 10.2 Å². The number of para-hydroxylation sites is 2. The second kappa shape index (κ2) is 8.65. The summed E-state index contributed by atoms with van der Waals surface area (Å²) in [5, 5.41) is 13.7. The fourth-order valence-electron chi connectivity index (χ4n) is 1.63. The Kier molecular flexibility index (Phi) is 6.56. The summed E-state index contributed by atoms with van der Waals surface area (Å²) in [6.45, 7) is 3.60. The van der Waals surface area contributed by atoms with Crippen molar-refractivity contribution < 1.29 is 14.3 Å². The number of methoxy groups -OCH3 is 1. The van der Waals surface area contributed by atoms with Gasteiger partial charge in [-0.1, -0.05) is 49.1 Å². The van der Waals surface area contributed by atoms with E-state index in [0.717, 1.165) is 0 Å². The van der Waals surface area contributed by atoms with E-state index >= 15 is 0 Å². The first-order valence-corrected chi connectivity index (χ1v) is 9.00. The molecule has 0 saturated carbocycles. The third-order valence-electron chi connectivity index (χ3n) is 2.87. The zero-order valence-corrected chi connectivity index (χ0v) is 15.2. The third kappa shape index (κ3) is 5.20. The Morgan fingerprint density at radius 3 is 2.71 bits per heavy atom. The molecule has 2 aromatic rings. The molecule has 2 rings (SSSR count). The van der Waals surface area contributed by atoms with E-state index in [0.29, 0.717) is 20.9 Å². The van der Waals surface area contributed by atoms with Gasteiger partial charge in [0.05, 0.1) is 18.6 Å². The number of rotatable bonds is 7. The molecule has 24 heavy (non-hydrogen) atoms. The van der Waals surface area contributed by atoms with Crippen molar-refractivity contribution >= 4 is 45.7 Å². The summed E-state index contributed by atoms with van der Waals surface area (Å²) in [5.74, 6) is 0.372. The van der Waals surface area contributed by atoms with Gasteiger partial charge in [-0.05, 0) is 12.1 Å². The van der Waals surface area contributed by atoms with Gasteiger partial charge in [-0.15, -0.1) is 10.2 Å². The molecular weight excluding hydrogens is 348 g/mol. The van der Waals surface area contributed by atoms with Crippen LogP contribution in [-0.2, 0) is 9.59 Å². The van der Waals surface area contributed by atoms with Crippen LogP contribution < -0.4 is 15.4 Å². The summed E-state index contributed by atoms with van der Waals surface area (Å²) in [4.78, 5) is 23.6. The van der Waals surface area contributed by atoms with E-state index in [1.807, 2.05) is 12.1 Å². The SMILES string of the molecule is COc1ccccc1NC(=O)CSc1nnc(NC(=O)C(C)C)s1. The lowest BCUT2D eigenvalue weighted by atomic mass is 10.2. The number of nitrogens with one attached hydrogen (secondary N) is 2. The van der Waals surface area contributed by atoms with Crippen LogP contribution >= 0.6 is 23.1 Å². The van der Waals surface area contributed by atoms with E-state index in [-0.39, 0.29) is 23.5 Å². The van der Waals surface area contributed by atoms with Crippen LogP contribution in [0.1, 0.15) is 13.8 Å². The van der Waals surface area contributed by atoms with Crippen LogP contribution in [0, 0.1) is 5.92 Å². The maximum absolute atomic E-state index is 12.0. The molecule has 1 heterocycles. The molecule has 0 bridgehead atoms. The van der Waals surface area contributed by atoms with Crippen LogP contribution in [0.2, 0.25) is 0 Å². The van der Waals surface area contributed by atoms with Crippen LogP contribution in [0.25, 0.3) is 0 Å². The minimum atomic E-state index is -0.174. The lowest BCUT2D eigenvalue weighted by Crippen LogP contribution is -2.17. The molecule has 128 valence electrons. The number of hydrogen-bond acceptors (Lipinski definition) is 7. The van der Waals surface area contributed by atoms with Crippen LogP contribution in [0.15, 0.2) is 28.6 Å². The molecule has 0 unspecified atom stereocenters. The lowest BCUT2D eigenvalue weighted by molar-refractivity contribution is -0.119. The van der Waals surface area contributed by atoms with Crippen LogP contribution in [0.5, 0.6) is 5.75 Å². The Bertz CT molecular complexity index is 718. The fourth-order valence-corrected chi connectivity index (χ4v) is 3.18. The molecule has 0 spiro atoms. The number of amides is 2. The van der Waals surface area contributed by atoms with Crippen molar-refractivity contribution in [2.45, 2.75) is 18.2 Å². The average molecular weight is 366 g/mol. The number of nitrogens with zero attached hydrogens (tertiary/aromatic N) is 2. The molecule has 9 heteroatoms. The van der Waals surface area contributed by atoms with Gasteiger partial charge in [-0.25, -0.2) is 0 Å². The second-order valence-corrected chi connectivity index (χ2v) is 7.25. The maximum atomic E-state index is 12.0. The number of hydrogen-bond donors (Lipinski definition) is 2. The van der Waals surface area contributed by atoms with Crippen molar-refractivity contribution in [2.24, 2.45) is 5.92 Å². The monoisotopic (exact) mass is 366 g/mol. The first-order valence-electron chi connectivity index (χ1n) is 7.19. The van der Waals surface area contributed by atoms with E-state index in [1.165, 1.54) is 23.1 Å². The number of ether oxygens (including phenoxy) is 1. The molecule has 2 amide bonds. The molecule has 0 saturated heterocycles. The van der Waals surface area contributed by atoms with Crippen molar-refractivity contribution in [3.63, 3.8) is 0 Å². The van der Waals surface area contributed by atoms with Gasteiger partial charge in [0.25, 0.3) is 0 Å². The highest BCUT2D eigenvalue weighted by molar-refractivity contribution is 8.01. The second-order valence-electron chi connectivity index (χ2n) is 5.05. The fraction of sp³-hybridized carbons (Fsp3) is 0.333.